The highest BCUT2D eigenvalue weighted by Gasteiger charge is 2.13. The fourth-order valence-corrected chi connectivity index (χ4v) is 2.90. The van der Waals surface area contributed by atoms with Gasteiger partial charge in [0.05, 0.1) is 27.3 Å². The van der Waals surface area contributed by atoms with Crippen molar-refractivity contribution in [2.45, 2.75) is 6.54 Å². The van der Waals surface area contributed by atoms with E-state index in [2.05, 4.69) is 10.4 Å². The highest BCUT2D eigenvalue weighted by molar-refractivity contribution is 6.44. The Bertz CT molecular complexity index is 1060. The number of ether oxygens (including phenoxy) is 1. The van der Waals surface area contributed by atoms with E-state index in [1.807, 2.05) is 18.2 Å². The van der Waals surface area contributed by atoms with E-state index in [4.69, 9.17) is 39.5 Å². The normalized spacial score (nSPS) is 10.5. The zero-order valence-electron chi connectivity index (χ0n) is 14.4. The van der Waals surface area contributed by atoms with Gasteiger partial charge in [0.25, 0.3) is 11.5 Å². The van der Waals surface area contributed by atoms with Crippen molar-refractivity contribution in [2.24, 2.45) is 0 Å². The number of carbonyl (C=O) groups is 1. The first-order chi connectivity index (χ1) is 13.4. The third-order valence-electron chi connectivity index (χ3n) is 3.67. The number of hydrogen-bond acceptors (Lipinski definition) is 4. The lowest BCUT2D eigenvalue weighted by atomic mass is 10.3. The van der Waals surface area contributed by atoms with Gasteiger partial charge >= 0.3 is 0 Å². The lowest BCUT2D eigenvalue weighted by Gasteiger charge is -2.10. The molecule has 2 aromatic carbocycles. The highest BCUT2D eigenvalue weighted by atomic mass is 35.5. The molecule has 0 spiro atoms. The summed E-state index contributed by atoms with van der Waals surface area (Å²) in [5, 5.41) is 7.43. The zero-order valence-corrected chi connectivity index (χ0v) is 16.6. The fraction of sp³-hybridized carbons (Fsp3) is 0.105. The van der Waals surface area contributed by atoms with Gasteiger partial charge in [-0.3, -0.25) is 9.59 Å². The number of amides is 1. The quantitative estimate of drug-likeness (QED) is 0.574. The van der Waals surface area contributed by atoms with E-state index < -0.39 is 5.91 Å². The molecule has 0 aliphatic carbocycles. The van der Waals surface area contributed by atoms with Crippen LogP contribution in [0.2, 0.25) is 15.1 Å². The average molecular weight is 439 g/mol. The van der Waals surface area contributed by atoms with Gasteiger partial charge in [-0.2, -0.15) is 5.10 Å². The van der Waals surface area contributed by atoms with E-state index in [0.29, 0.717) is 5.75 Å². The van der Waals surface area contributed by atoms with Gasteiger partial charge in [-0.05, 0) is 30.3 Å². The zero-order chi connectivity index (χ0) is 20.1. The Morgan fingerprint density at radius 3 is 2.46 bits per heavy atom. The smallest absolute Gasteiger partial charge is 0.276 e. The molecule has 28 heavy (non-hydrogen) atoms. The van der Waals surface area contributed by atoms with Crippen LogP contribution in [0.15, 0.2) is 59.4 Å². The Hall–Kier alpha value is -2.54. The second kappa shape index (κ2) is 9.10. The van der Waals surface area contributed by atoms with E-state index >= 15 is 0 Å². The average Bonchev–Trinajstić information content (AvgIpc) is 2.68. The van der Waals surface area contributed by atoms with Gasteiger partial charge in [0.1, 0.15) is 18.1 Å². The number of anilines is 1. The molecule has 1 amide bonds. The molecule has 0 unspecified atom stereocenters. The second-order valence-electron chi connectivity index (χ2n) is 5.64. The van der Waals surface area contributed by atoms with Crippen molar-refractivity contribution in [1.29, 1.82) is 0 Å². The Balaban J connectivity index is 1.70. The summed E-state index contributed by atoms with van der Waals surface area (Å²) in [5.74, 6) is 0.136. The van der Waals surface area contributed by atoms with Crippen LogP contribution in [0.1, 0.15) is 10.5 Å². The molecule has 1 N–H and O–H groups in total. The van der Waals surface area contributed by atoms with Crippen LogP contribution in [-0.4, -0.2) is 22.3 Å². The van der Waals surface area contributed by atoms with Crippen LogP contribution in [0.3, 0.4) is 0 Å². The molecule has 0 saturated carbocycles. The van der Waals surface area contributed by atoms with Crippen LogP contribution in [0.5, 0.6) is 5.75 Å². The maximum absolute atomic E-state index is 12.5. The molecular weight excluding hydrogens is 425 g/mol. The maximum Gasteiger partial charge on any atom is 0.276 e. The minimum absolute atomic E-state index is 0.0430. The summed E-state index contributed by atoms with van der Waals surface area (Å²) in [5.41, 5.74) is -0.0183. The van der Waals surface area contributed by atoms with Crippen LogP contribution in [0, 0.1) is 0 Å². The molecule has 0 aliphatic heterocycles. The lowest BCUT2D eigenvalue weighted by molar-refractivity contribution is 0.101. The van der Waals surface area contributed by atoms with Crippen molar-refractivity contribution >= 4 is 46.4 Å². The number of nitrogens with one attached hydrogen (secondary N) is 1. The van der Waals surface area contributed by atoms with Gasteiger partial charge in [-0.15, -0.1) is 0 Å². The topological polar surface area (TPSA) is 73.2 Å². The highest BCUT2D eigenvalue weighted by Crippen LogP contribution is 2.32. The Labute approximate surface area is 175 Å². The maximum atomic E-state index is 12.5. The molecule has 3 aromatic rings. The first-order valence-corrected chi connectivity index (χ1v) is 9.29. The van der Waals surface area contributed by atoms with E-state index in [0.717, 1.165) is 4.68 Å². The molecular formula is C19H14Cl3N3O3. The van der Waals surface area contributed by atoms with Gasteiger partial charge in [-0.1, -0.05) is 53.0 Å². The molecule has 0 fully saturated rings. The van der Waals surface area contributed by atoms with Crippen molar-refractivity contribution < 1.29 is 9.53 Å². The van der Waals surface area contributed by atoms with E-state index in [9.17, 15) is 9.59 Å². The second-order valence-corrected chi connectivity index (χ2v) is 6.86. The van der Waals surface area contributed by atoms with Crippen molar-refractivity contribution in [1.82, 2.24) is 9.78 Å². The van der Waals surface area contributed by atoms with Crippen molar-refractivity contribution in [3.63, 3.8) is 0 Å². The monoisotopic (exact) mass is 437 g/mol. The number of carbonyl (C=O) groups excluding carboxylic acids is 1. The first-order valence-electron chi connectivity index (χ1n) is 8.16. The SMILES string of the molecule is O=C(Nc1cc(Cl)c(Cl)cc1Cl)c1ccc(=O)n(CCOc2ccccc2)n1. The molecule has 144 valence electrons. The summed E-state index contributed by atoms with van der Waals surface area (Å²) in [6.45, 7) is 0.406. The minimum atomic E-state index is -0.544. The minimum Gasteiger partial charge on any atom is -0.492 e. The van der Waals surface area contributed by atoms with Gasteiger partial charge in [0, 0.05) is 6.07 Å². The number of halogens is 3. The molecule has 9 heteroatoms. The van der Waals surface area contributed by atoms with E-state index in [1.165, 1.54) is 24.3 Å². The third kappa shape index (κ3) is 5.04. The Kier molecular flexibility index (Phi) is 6.57. The van der Waals surface area contributed by atoms with Gasteiger partial charge in [0.15, 0.2) is 0 Å². The number of para-hydroxylation sites is 1. The van der Waals surface area contributed by atoms with Crippen molar-refractivity contribution in [3.05, 3.63) is 85.7 Å². The Morgan fingerprint density at radius 1 is 1.00 bits per heavy atom. The van der Waals surface area contributed by atoms with Crippen LogP contribution >= 0.6 is 34.8 Å². The van der Waals surface area contributed by atoms with Crippen LogP contribution in [0.4, 0.5) is 5.69 Å². The first kappa shape index (κ1) is 20.2. The molecule has 0 saturated heterocycles. The molecule has 6 nitrogen and oxygen atoms in total. The standard InChI is InChI=1S/C19H14Cl3N3O3/c20-13-10-15(22)17(11-14(13)21)23-19(27)16-6-7-18(26)25(24-16)8-9-28-12-4-2-1-3-5-12/h1-7,10-11H,8-9H2,(H,23,27). The van der Waals surface area contributed by atoms with Gasteiger partial charge in [-0.25, -0.2) is 4.68 Å². The predicted molar refractivity (Wildman–Crippen MR) is 110 cm³/mol. The predicted octanol–water partition coefficient (Wildman–Crippen LogP) is 4.53. The molecule has 0 aliphatic rings. The van der Waals surface area contributed by atoms with Gasteiger partial charge in [0.2, 0.25) is 0 Å². The molecule has 0 bridgehead atoms. The fourth-order valence-electron chi connectivity index (χ4n) is 2.30. The summed E-state index contributed by atoms with van der Waals surface area (Å²) in [6.07, 6.45) is 0. The third-order valence-corrected chi connectivity index (χ3v) is 4.71. The largest absolute Gasteiger partial charge is 0.492 e. The Morgan fingerprint density at radius 2 is 1.71 bits per heavy atom. The number of aromatic nitrogens is 2. The van der Waals surface area contributed by atoms with Crippen molar-refractivity contribution in [2.75, 3.05) is 11.9 Å². The number of benzene rings is 2. The van der Waals surface area contributed by atoms with Gasteiger partial charge < -0.3 is 10.1 Å². The summed E-state index contributed by atoms with van der Waals surface area (Å²) in [6, 6.07) is 14.6. The lowest BCUT2D eigenvalue weighted by Crippen LogP contribution is -2.28. The van der Waals surface area contributed by atoms with Crippen molar-refractivity contribution in [3.8, 4) is 5.75 Å². The molecule has 1 aromatic heterocycles. The number of nitrogens with zero attached hydrogens (tertiary/aromatic N) is 2. The molecule has 3 rings (SSSR count). The van der Waals surface area contributed by atoms with Crippen LogP contribution in [0.25, 0.3) is 0 Å². The van der Waals surface area contributed by atoms with E-state index in [-0.39, 0.29) is 45.2 Å². The summed E-state index contributed by atoms with van der Waals surface area (Å²) in [7, 11) is 0. The van der Waals surface area contributed by atoms with E-state index in [1.54, 1.807) is 12.1 Å². The summed E-state index contributed by atoms with van der Waals surface area (Å²) >= 11 is 17.9. The number of rotatable bonds is 6. The van der Waals surface area contributed by atoms with Crippen LogP contribution < -0.4 is 15.6 Å². The summed E-state index contributed by atoms with van der Waals surface area (Å²) < 4.78 is 6.72. The molecule has 0 radical (unpaired) electrons. The summed E-state index contributed by atoms with van der Waals surface area (Å²) in [4.78, 5) is 24.5. The van der Waals surface area contributed by atoms with Crippen LogP contribution in [-0.2, 0) is 6.54 Å². The molecule has 0 atom stereocenters. The number of hydrogen-bond donors (Lipinski definition) is 1. The molecule has 1 heterocycles.